The summed E-state index contributed by atoms with van der Waals surface area (Å²) in [6, 6.07) is 10.5. The van der Waals surface area contributed by atoms with Crippen molar-refractivity contribution in [3.8, 4) is 5.75 Å². The number of anilines is 1. The molecule has 10 heteroatoms. The first kappa shape index (κ1) is 24.9. The van der Waals surface area contributed by atoms with Gasteiger partial charge in [0.1, 0.15) is 11.6 Å². The van der Waals surface area contributed by atoms with Crippen molar-refractivity contribution in [2.24, 2.45) is 7.05 Å². The summed E-state index contributed by atoms with van der Waals surface area (Å²) in [5.74, 6) is 0.284. The van der Waals surface area contributed by atoms with Crippen LogP contribution in [0.5, 0.6) is 5.75 Å². The second-order valence-corrected chi connectivity index (χ2v) is 9.84. The van der Waals surface area contributed by atoms with Crippen LogP contribution < -0.4 is 15.4 Å². The van der Waals surface area contributed by atoms with Crippen molar-refractivity contribution in [1.82, 2.24) is 19.7 Å². The number of ether oxygens (including phenoxy) is 1. The molecule has 1 fully saturated rings. The Labute approximate surface area is 214 Å². The summed E-state index contributed by atoms with van der Waals surface area (Å²) in [7, 11) is 3.54. The minimum atomic E-state index is -0.531. The minimum absolute atomic E-state index is 0.228. The number of carbonyl (C=O) groups excluding carboxylic acids is 2. The molecule has 3 N–H and O–H groups in total. The van der Waals surface area contributed by atoms with E-state index in [0.29, 0.717) is 37.6 Å². The van der Waals surface area contributed by atoms with Gasteiger partial charge in [0.15, 0.2) is 0 Å². The Morgan fingerprint density at radius 2 is 1.95 bits per heavy atom. The van der Waals surface area contributed by atoms with Crippen molar-refractivity contribution in [1.29, 1.82) is 0 Å². The number of halogens is 1. The molecule has 3 heterocycles. The number of fused-ring (bicyclic) bond motifs is 4. The monoisotopic (exact) mass is 509 g/mol. The van der Waals surface area contributed by atoms with E-state index in [1.807, 2.05) is 36.7 Å². The first-order valence-corrected chi connectivity index (χ1v) is 12.5. The third kappa shape index (κ3) is 4.15. The average Bonchev–Trinajstić information content (AvgIpc) is 3.17. The smallest absolute Gasteiger partial charge is 0.321 e. The van der Waals surface area contributed by atoms with Gasteiger partial charge < -0.3 is 34.8 Å². The van der Waals surface area contributed by atoms with Gasteiger partial charge in [-0.3, -0.25) is 0 Å². The van der Waals surface area contributed by atoms with Crippen LogP contribution in [0.15, 0.2) is 42.5 Å². The van der Waals surface area contributed by atoms with Gasteiger partial charge in [-0.1, -0.05) is 13.0 Å². The zero-order chi connectivity index (χ0) is 26.3. The molecule has 5 rings (SSSR count). The molecule has 2 aromatic carbocycles. The Morgan fingerprint density at radius 1 is 1.16 bits per heavy atom. The summed E-state index contributed by atoms with van der Waals surface area (Å²) in [4.78, 5) is 29.6. The number of likely N-dealkylation sites (tertiary alicyclic amines) is 1. The Hall–Kier alpha value is -3.79. The Morgan fingerprint density at radius 3 is 2.62 bits per heavy atom. The van der Waals surface area contributed by atoms with E-state index in [4.69, 9.17) is 4.74 Å². The molecule has 37 heavy (non-hydrogen) atoms. The van der Waals surface area contributed by atoms with Crippen LogP contribution in [0, 0.1) is 5.82 Å². The van der Waals surface area contributed by atoms with Crippen molar-refractivity contribution < 1.29 is 23.8 Å². The number of aryl methyl sites for hydroxylation is 1. The van der Waals surface area contributed by atoms with E-state index in [9.17, 15) is 19.1 Å². The average molecular weight is 510 g/mol. The number of rotatable bonds is 5. The third-order valence-corrected chi connectivity index (χ3v) is 7.46. The SMILES string of the molecule is CCCNC(=O)N1CC2(CN(C(=O)Nc3cccc(F)c3)C2)c2c(n(C)c3cc(OC)ccc23)[C@@H]1CO. The number of methoxy groups -OCH3 is 1. The van der Waals surface area contributed by atoms with E-state index >= 15 is 0 Å². The van der Waals surface area contributed by atoms with Crippen molar-refractivity contribution >= 4 is 28.7 Å². The van der Waals surface area contributed by atoms with Crippen molar-refractivity contribution in [2.75, 3.05) is 45.2 Å². The zero-order valence-electron chi connectivity index (χ0n) is 21.3. The second kappa shape index (κ2) is 9.59. The van der Waals surface area contributed by atoms with Crippen LogP contribution in [-0.4, -0.2) is 71.4 Å². The van der Waals surface area contributed by atoms with Crippen LogP contribution in [0.3, 0.4) is 0 Å². The van der Waals surface area contributed by atoms with Gasteiger partial charge in [-0.25, -0.2) is 14.0 Å². The summed E-state index contributed by atoms with van der Waals surface area (Å²) < 4.78 is 21.1. The Kier molecular flexibility index (Phi) is 6.45. The lowest BCUT2D eigenvalue weighted by Crippen LogP contribution is -2.69. The predicted molar refractivity (Wildman–Crippen MR) is 138 cm³/mol. The van der Waals surface area contributed by atoms with Crippen molar-refractivity contribution in [3.05, 3.63) is 59.5 Å². The summed E-state index contributed by atoms with van der Waals surface area (Å²) in [5.41, 5.74) is 2.70. The molecule has 196 valence electrons. The molecular weight excluding hydrogens is 477 g/mol. The van der Waals surface area contributed by atoms with Crippen LogP contribution in [-0.2, 0) is 12.5 Å². The van der Waals surface area contributed by atoms with Gasteiger partial charge in [-0.05, 0) is 42.3 Å². The third-order valence-electron chi connectivity index (χ3n) is 7.46. The molecule has 2 aliphatic heterocycles. The van der Waals surface area contributed by atoms with E-state index in [1.165, 1.54) is 12.1 Å². The molecule has 0 unspecified atom stereocenters. The molecule has 0 bridgehead atoms. The maximum atomic E-state index is 13.6. The molecule has 1 spiro atoms. The quantitative estimate of drug-likeness (QED) is 0.490. The van der Waals surface area contributed by atoms with E-state index in [1.54, 1.807) is 29.0 Å². The number of aliphatic hydroxyl groups is 1. The molecule has 2 aliphatic rings. The lowest BCUT2D eigenvalue weighted by Gasteiger charge is -2.56. The standard InChI is InChI=1S/C27H32FN5O4/c1-4-10-29-25(35)33-16-27(14-32(15-27)26(36)30-18-7-5-6-17(28)11-18)23-20-9-8-19(37-3)12-21(20)31(2)24(23)22(33)13-34/h5-9,11-12,22,34H,4,10,13-16H2,1-3H3,(H,29,35)(H,30,36)/t22-/m0/s1. The zero-order valence-corrected chi connectivity index (χ0v) is 21.3. The molecule has 1 aromatic heterocycles. The van der Waals surface area contributed by atoms with Gasteiger partial charge in [0, 0.05) is 56.1 Å². The predicted octanol–water partition coefficient (Wildman–Crippen LogP) is 3.58. The van der Waals surface area contributed by atoms with E-state index < -0.39 is 17.3 Å². The summed E-state index contributed by atoms with van der Waals surface area (Å²) in [6.07, 6.45) is 0.793. The van der Waals surface area contributed by atoms with Crippen LogP contribution in [0.1, 0.15) is 30.6 Å². The van der Waals surface area contributed by atoms with Crippen LogP contribution >= 0.6 is 0 Å². The molecule has 0 radical (unpaired) electrons. The lowest BCUT2D eigenvalue weighted by atomic mass is 9.69. The highest BCUT2D eigenvalue weighted by atomic mass is 19.1. The van der Waals surface area contributed by atoms with Crippen LogP contribution in [0.25, 0.3) is 10.9 Å². The van der Waals surface area contributed by atoms with Gasteiger partial charge >= 0.3 is 12.1 Å². The number of amides is 4. The van der Waals surface area contributed by atoms with Gasteiger partial charge in [0.2, 0.25) is 0 Å². The molecule has 9 nitrogen and oxygen atoms in total. The number of benzene rings is 2. The first-order valence-electron chi connectivity index (χ1n) is 12.5. The molecule has 1 saturated heterocycles. The van der Waals surface area contributed by atoms with Gasteiger partial charge in [0.05, 0.1) is 30.7 Å². The number of carbonyl (C=O) groups is 2. The second-order valence-electron chi connectivity index (χ2n) is 9.84. The summed E-state index contributed by atoms with van der Waals surface area (Å²) >= 11 is 0. The molecule has 0 aliphatic carbocycles. The number of hydrogen-bond acceptors (Lipinski definition) is 4. The van der Waals surface area contributed by atoms with Crippen LogP contribution in [0.4, 0.5) is 19.7 Å². The molecule has 1 atom stereocenters. The number of nitrogens with one attached hydrogen (secondary N) is 2. The number of aromatic nitrogens is 1. The van der Waals surface area contributed by atoms with E-state index in [-0.39, 0.29) is 18.7 Å². The fraction of sp³-hybridized carbons (Fsp3) is 0.407. The first-order chi connectivity index (χ1) is 17.8. The number of hydrogen-bond donors (Lipinski definition) is 3. The fourth-order valence-electron chi connectivity index (χ4n) is 5.76. The highest BCUT2D eigenvalue weighted by molar-refractivity contribution is 5.93. The highest BCUT2D eigenvalue weighted by Gasteiger charge is 2.55. The largest absolute Gasteiger partial charge is 0.497 e. The van der Waals surface area contributed by atoms with Gasteiger partial charge in [0.25, 0.3) is 0 Å². The van der Waals surface area contributed by atoms with Gasteiger partial charge in [-0.15, -0.1) is 0 Å². The topological polar surface area (TPSA) is 99.1 Å². The fourth-order valence-corrected chi connectivity index (χ4v) is 5.76. The summed E-state index contributed by atoms with van der Waals surface area (Å²) in [6.45, 7) is 3.40. The normalized spacial score (nSPS) is 17.9. The molecule has 3 aromatic rings. The number of urea groups is 2. The van der Waals surface area contributed by atoms with E-state index in [2.05, 4.69) is 10.6 Å². The molecule has 4 amide bonds. The Balaban J connectivity index is 1.53. The molecule has 0 saturated carbocycles. The Bertz CT molecular complexity index is 1350. The lowest BCUT2D eigenvalue weighted by molar-refractivity contribution is 0.0332. The maximum Gasteiger partial charge on any atom is 0.321 e. The van der Waals surface area contributed by atoms with Crippen molar-refractivity contribution in [3.63, 3.8) is 0 Å². The van der Waals surface area contributed by atoms with Crippen LogP contribution in [0.2, 0.25) is 0 Å². The highest BCUT2D eigenvalue weighted by Crippen LogP contribution is 2.49. The molecular formula is C27H32FN5O4. The van der Waals surface area contributed by atoms with Crippen molar-refractivity contribution in [2.45, 2.75) is 24.8 Å². The summed E-state index contributed by atoms with van der Waals surface area (Å²) in [5, 5.41) is 17.2. The number of aliphatic hydroxyl groups excluding tert-OH is 1. The number of nitrogens with zero attached hydrogens (tertiary/aromatic N) is 3. The maximum absolute atomic E-state index is 13.6. The minimum Gasteiger partial charge on any atom is -0.497 e. The van der Waals surface area contributed by atoms with Gasteiger partial charge in [-0.2, -0.15) is 0 Å². The van der Waals surface area contributed by atoms with E-state index in [0.717, 1.165) is 28.6 Å².